The Labute approximate surface area is 111 Å². The standard InChI is InChI=1S/C17H14FN/c18-16-10-4-2-7-14(16)12-19-17-11-5-8-13-6-1-3-9-15(13)17/h1-11,19H,12H2. The first kappa shape index (κ1) is 11.7. The van der Waals surface area contributed by atoms with Crippen LogP contribution in [-0.4, -0.2) is 0 Å². The Bertz CT molecular complexity index is 701. The number of nitrogens with one attached hydrogen (secondary N) is 1. The van der Waals surface area contributed by atoms with Gasteiger partial charge in [0.25, 0.3) is 0 Å². The van der Waals surface area contributed by atoms with E-state index in [1.807, 2.05) is 30.3 Å². The molecule has 0 aliphatic heterocycles. The highest BCUT2D eigenvalue weighted by Gasteiger charge is 2.02. The molecule has 0 fully saturated rings. The molecule has 0 radical (unpaired) electrons. The Morgan fingerprint density at radius 1 is 0.789 bits per heavy atom. The van der Waals surface area contributed by atoms with Gasteiger partial charge >= 0.3 is 0 Å². The van der Waals surface area contributed by atoms with E-state index in [0.29, 0.717) is 12.1 Å². The minimum atomic E-state index is -0.171. The summed E-state index contributed by atoms with van der Waals surface area (Å²) in [6.07, 6.45) is 0. The van der Waals surface area contributed by atoms with Crippen LogP contribution in [0.3, 0.4) is 0 Å². The fourth-order valence-corrected chi connectivity index (χ4v) is 2.21. The highest BCUT2D eigenvalue weighted by atomic mass is 19.1. The zero-order valence-corrected chi connectivity index (χ0v) is 10.4. The van der Waals surface area contributed by atoms with E-state index in [2.05, 4.69) is 23.5 Å². The SMILES string of the molecule is Fc1ccccc1CNc1cccc2ccccc12. The zero-order chi connectivity index (χ0) is 13.1. The first-order valence-corrected chi connectivity index (χ1v) is 6.29. The average molecular weight is 251 g/mol. The number of benzene rings is 3. The summed E-state index contributed by atoms with van der Waals surface area (Å²) in [4.78, 5) is 0. The molecule has 0 saturated carbocycles. The van der Waals surface area contributed by atoms with E-state index in [-0.39, 0.29) is 5.82 Å². The molecule has 3 aromatic rings. The van der Waals surface area contributed by atoms with Crippen molar-refractivity contribution >= 4 is 16.5 Å². The highest BCUT2D eigenvalue weighted by molar-refractivity contribution is 5.93. The molecule has 0 bridgehead atoms. The second-order valence-electron chi connectivity index (χ2n) is 4.47. The second kappa shape index (κ2) is 5.11. The van der Waals surface area contributed by atoms with E-state index in [0.717, 1.165) is 11.1 Å². The molecule has 0 aromatic heterocycles. The van der Waals surface area contributed by atoms with Crippen molar-refractivity contribution in [3.63, 3.8) is 0 Å². The van der Waals surface area contributed by atoms with Crippen LogP contribution < -0.4 is 5.32 Å². The van der Waals surface area contributed by atoms with Crippen molar-refractivity contribution in [1.29, 1.82) is 0 Å². The van der Waals surface area contributed by atoms with Gasteiger partial charge in [0.15, 0.2) is 0 Å². The summed E-state index contributed by atoms with van der Waals surface area (Å²) in [5.41, 5.74) is 1.71. The summed E-state index contributed by atoms with van der Waals surface area (Å²) in [6, 6.07) is 21.1. The Balaban J connectivity index is 1.88. The van der Waals surface area contributed by atoms with E-state index >= 15 is 0 Å². The van der Waals surface area contributed by atoms with Gasteiger partial charge in [0.05, 0.1) is 0 Å². The molecule has 94 valence electrons. The van der Waals surface area contributed by atoms with E-state index in [4.69, 9.17) is 0 Å². The molecule has 0 aliphatic rings. The highest BCUT2D eigenvalue weighted by Crippen LogP contribution is 2.23. The third-order valence-electron chi connectivity index (χ3n) is 3.22. The van der Waals surface area contributed by atoms with E-state index in [1.165, 1.54) is 11.5 Å². The fraction of sp³-hybridized carbons (Fsp3) is 0.0588. The van der Waals surface area contributed by atoms with Crippen LogP contribution in [0.5, 0.6) is 0 Å². The number of fused-ring (bicyclic) bond motifs is 1. The maximum absolute atomic E-state index is 13.6. The zero-order valence-electron chi connectivity index (χ0n) is 10.4. The van der Waals surface area contributed by atoms with Gasteiger partial charge in [-0.25, -0.2) is 4.39 Å². The molecule has 0 amide bonds. The van der Waals surface area contributed by atoms with Crippen LogP contribution in [0.25, 0.3) is 10.8 Å². The van der Waals surface area contributed by atoms with Gasteiger partial charge in [0.2, 0.25) is 0 Å². The lowest BCUT2D eigenvalue weighted by atomic mass is 10.1. The monoisotopic (exact) mass is 251 g/mol. The van der Waals surface area contributed by atoms with Gasteiger partial charge in [-0.15, -0.1) is 0 Å². The largest absolute Gasteiger partial charge is 0.380 e. The molecule has 0 unspecified atom stereocenters. The van der Waals surface area contributed by atoms with Crippen molar-refractivity contribution in [2.75, 3.05) is 5.32 Å². The predicted octanol–water partition coefficient (Wildman–Crippen LogP) is 4.59. The van der Waals surface area contributed by atoms with Crippen molar-refractivity contribution in [1.82, 2.24) is 0 Å². The van der Waals surface area contributed by atoms with Gasteiger partial charge in [-0.3, -0.25) is 0 Å². The summed E-state index contributed by atoms with van der Waals surface area (Å²) in [7, 11) is 0. The molecule has 0 heterocycles. The Kier molecular flexibility index (Phi) is 3.15. The van der Waals surface area contributed by atoms with Crippen LogP contribution in [0.4, 0.5) is 10.1 Å². The second-order valence-corrected chi connectivity index (χ2v) is 4.47. The van der Waals surface area contributed by atoms with E-state index < -0.39 is 0 Å². The third-order valence-corrected chi connectivity index (χ3v) is 3.22. The van der Waals surface area contributed by atoms with Crippen LogP contribution in [0.2, 0.25) is 0 Å². The van der Waals surface area contributed by atoms with Crippen molar-refractivity contribution in [3.8, 4) is 0 Å². The van der Waals surface area contributed by atoms with Crippen LogP contribution in [0.15, 0.2) is 66.7 Å². The third kappa shape index (κ3) is 2.43. The van der Waals surface area contributed by atoms with Gasteiger partial charge in [-0.2, -0.15) is 0 Å². The summed E-state index contributed by atoms with van der Waals surface area (Å²) < 4.78 is 13.6. The average Bonchev–Trinajstić information content (AvgIpc) is 2.46. The molecule has 3 rings (SSSR count). The smallest absolute Gasteiger partial charge is 0.128 e. The number of anilines is 1. The molecule has 3 aromatic carbocycles. The lowest BCUT2D eigenvalue weighted by Gasteiger charge is -2.10. The molecular formula is C17H14FN. The van der Waals surface area contributed by atoms with Crippen LogP contribution >= 0.6 is 0 Å². The maximum atomic E-state index is 13.6. The summed E-state index contributed by atoms with van der Waals surface area (Å²) in [6.45, 7) is 0.487. The summed E-state index contributed by atoms with van der Waals surface area (Å²) in [5.74, 6) is -0.171. The van der Waals surface area contributed by atoms with Crippen molar-refractivity contribution in [2.24, 2.45) is 0 Å². The molecule has 0 aliphatic carbocycles. The number of halogens is 1. The van der Waals surface area contributed by atoms with Crippen molar-refractivity contribution in [2.45, 2.75) is 6.54 Å². The Morgan fingerprint density at radius 2 is 1.53 bits per heavy atom. The first-order chi connectivity index (χ1) is 9.34. The Morgan fingerprint density at radius 3 is 2.42 bits per heavy atom. The first-order valence-electron chi connectivity index (χ1n) is 6.29. The van der Waals surface area contributed by atoms with E-state index in [1.54, 1.807) is 12.1 Å². The van der Waals surface area contributed by atoms with Crippen LogP contribution in [0.1, 0.15) is 5.56 Å². The van der Waals surface area contributed by atoms with Crippen molar-refractivity contribution < 1.29 is 4.39 Å². The van der Waals surface area contributed by atoms with Crippen molar-refractivity contribution in [3.05, 3.63) is 78.1 Å². The van der Waals surface area contributed by atoms with Gasteiger partial charge in [0.1, 0.15) is 5.82 Å². The Hall–Kier alpha value is -2.35. The molecule has 0 spiro atoms. The fourth-order valence-electron chi connectivity index (χ4n) is 2.21. The number of hydrogen-bond acceptors (Lipinski definition) is 1. The van der Waals surface area contributed by atoms with E-state index in [9.17, 15) is 4.39 Å². The molecule has 1 N–H and O–H groups in total. The summed E-state index contributed by atoms with van der Waals surface area (Å²) >= 11 is 0. The lowest BCUT2D eigenvalue weighted by Crippen LogP contribution is -2.01. The maximum Gasteiger partial charge on any atom is 0.128 e. The minimum Gasteiger partial charge on any atom is -0.380 e. The molecule has 0 saturated heterocycles. The number of rotatable bonds is 3. The normalized spacial score (nSPS) is 10.6. The molecule has 0 atom stereocenters. The van der Waals surface area contributed by atoms with Gasteiger partial charge < -0.3 is 5.32 Å². The van der Waals surface area contributed by atoms with Crippen LogP contribution in [-0.2, 0) is 6.54 Å². The topological polar surface area (TPSA) is 12.0 Å². The van der Waals surface area contributed by atoms with Gasteiger partial charge in [-0.1, -0.05) is 54.6 Å². The predicted molar refractivity (Wildman–Crippen MR) is 77.7 cm³/mol. The quantitative estimate of drug-likeness (QED) is 0.717. The minimum absolute atomic E-state index is 0.171. The number of hydrogen-bond donors (Lipinski definition) is 1. The molecule has 19 heavy (non-hydrogen) atoms. The molecule has 1 nitrogen and oxygen atoms in total. The summed E-state index contributed by atoms with van der Waals surface area (Å²) in [5, 5.41) is 5.64. The van der Waals surface area contributed by atoms with Gasteiger partial charge in [0, 0.05) is 23.2 Å². The van der Waals surface area contributed by atoms with Crippen LogP contribution in [0, 0.1) is 5.82 Å². The lowest BCUT2D eigenvalue weighted by molar-refractivity contribution is 0.613. The molecular weight excluding hydrogens is 237 g/mol. The molecule has 2 heteroatoms. The van der Waals surface area contributed by atoms with Gasteiger partial charge in [-0.05, 0) is 17.5 Å².